The highest BCUT2D eigenvalue weighted by Crippen LogP contribution is 2.15. The van der Waals surface area contributed by atoms with E-state index in [4.69, 9.17) is 4.99 Å². The Hall–Kier alpha value is -0.860. The third kappa shape index (κ3) is 7.04. The van der Waals surface area contributed by atoms with Crippen LogP contribution in [0.4, 0.5) is 0 Å². The highest BCUT2D eigenvalue weighted by molar-refractivity contribution is 14.0. The maximum absolute atomic E-state index is 10.3. The van der Waals surface area contributed by atoms with E-state index in [0.717, 1.165) is 44.2 Å². The Morgan fingerprint density at radius 3 is 2.58 bits per heavy atom. The minimum atomic E-state index is -0.447. The van der Waals surface area contributed by atoms with Gasteiger partial charge in [-0.2, -0.15) is 0 Å². The van der Waals surface area contributed by atoms with Gasteiger partial charge in [0.2, 0.25) is 0 Å². The maximum atomic E-state index is 10.3. The van der Waals surface area contributed by atoms with Gasteiger partial charge in [0.25, 0.3) is 0 Å². The summed E-state index contributed by atoms with van der Waals surface area (Å²) >= 11 is 0. The second-order valence-corrected chi connectivity index (χ2v) is 6.65. The topological polar surface area (TPSA) is 51.1 Å². The Morgan fingerprint density at radius 1 is 1.27 bits per heavy atom. The number of guanidine groups is 1. The lowest BCUT2D eigenvalue weighted by molar-refractivity contribution is 0.183. The van der Waals surface area contributed by atoms with Gasteiger partial charge in [-0.25, -0.2) is 0 Å². The molecule has 0 aromatic heterocycles. The summed E-state index contributed by atoms with van der Waals surface area (Å²) in [4.78, 5) is 9.56. The molecule has 1 aromatic carbocycles. The van der Waals surface area contributed by atoms with E-state index in [9.17, 15) is 5.11 Å². The van der Waals surface area contributed by atoms with Crippen LogP contribution in [0.25, 0.3) is 0 Å². The molecular weight excluding hydrogens is 439 g/mol. The Morgan fingerprint density at radius 2 is 1.96 bits per heavy atom. The van der Waals surface area contributed by atoms with Gasteiger partial charge >= 0.3 is 0 Å². The number of benzene rings is 1. The Bertz CT molecular complexity index is 522. The smallest absolute Gasteiger partial charge is 0.194 e. The van der Waals surface area contributed by atoms with Crippen LogP contribution in [-0.2, 0) is 6.42 Å². The van der Waals surface area contributed by atoms with Crippen LogP contribution in [0.15, 0.2) is 35.3 Å². The molecular formula is C20H35IN4O. The summed E-state index contributed by atoms with van der Waals surface area (Å²) in [6.07, 6.45) is 1.38. The summed E-state index contributed by atoms with van der Waals surface area (Å²) < 4.78 is 0. The third-order valence-corrected chi connectivity index (χ3v) is 4.89. The van der Waals surface area contributed by atoms with Gasteiger partial charge in [0.05, 0.1) is 12.6 Å². The van der Waals surface area contributed by atoms with Crippen LogP contribution in [0.1, 0.15) is 32.8 Å². The molecule has 5 nitrogen and oxygen atoms in total. The van der Waals surface area contributed by atoms with Gasteiger partial charge in [-0.05, 0) is 32.0 Å². The van der Waals surface area contributed by atoms with Crippen LogP contribution < -0.4 is 5.32 Å². The number of likely N-dealkylation sites (N-methyl/N-ethyl adjacent to an activating group) is 1. The molecule has 1 fully saturated rings. The van der Waals surface area contributed by atoms with Crippen LogP contribution in [0.2, 0.25) is 0 Å². The zero-order valence-corrected chi connectivity index (χ0v) is 18.7. The SMILES string of the molecule is CCNC(=NCC(O)Cc1ccccc1)N1CCC(N(CC)CC)C1.I. The van der Waals surface area contributed by atoms with E-state index < -0.39 is 6.10 Å². The predicted molar refractivity (Wildman–Crippen MR) is 120 cm³/mol. The molecule has 6 heteroatoms. The molecule has 1 aliphatic rings. The van der Waals surface area contributed by atoms with Gasteiger partial charge in [-0.3, -0.25) is 9.89 Å². The molecule has 26 heavy (non-hydrogen) atoms. The fourth-order valence-electron chi connectivity index (χ4n) is 3.54. The van der Waals surface area contributed by atoms with Crippen LogP contribution in [-0.4, -0.2) is 72.3 Å². The van der Waals surface area contributed by atoms with Crippen molar-refractivity contribution in [2.75, 3.05) is 39.3 Å². The van der Waals surface area contributed by atoms with Crippen molar-refractivity contribution >= 4 is 29.9 Å². The van der Waals surface area contributed by atoms with Gasteiger partial charge in [0.1, 0.15) is 0 Å². The number of nitrogens with zero attached hydrogens (tertiary/aromatic N) is 3. The molecule has 2 unspecified atom stereocenters. The van der Waals surface area contributed by atoms with E-state index in [-0.39, 0.29) is 24.0 Å². The number of nitrogens with one attached hydrogen (secondary N) is 1. The van der Waals surface area contributed by atoms with Crippen molar-refractivity contribution in [1.29, 1.82) is 0 Å². The first-order chi connectivity index (χ1) is 12.2. The summed E-state index contributed by atoms with van der Waals surface area (Å²) in [5, 5.41) is 13.7. The quantitative estimate of drug-likeness (QED) is 0.346. The van der Waals surface area contributed by atoms with Gasteiger partial charge in [0.15, 0.2) is 5.96 Å². The zero-order valence-electron chi connectivity index (χ0n) is 16.4. The fraction of sp³-hybridized carbons (Fsp3) is 0.650. The number of likely N-dealkylation sites (tertiary alicyclic amines) is 1. The monoisotopic (exact) mass is 474 g/mol. The molecule has 0 radical (unpaired) electrons. The fourth-order valence-corrected chi connectivity index (χ4v) is 3.54. The Balaban J connectivity index is 0.00000338. The van der Waals surface area contributed by atoms with Crippen LogP contribution in [0.3, 0.4) is 0 Å². The molecule has 2 rings (SSSR count). The van der Waals surface area contributed by atoms with Gasteiger partial charge < -0.3 is 15.3 Å². The van der Waals surface area contributed by atoms with E-state index in [2.05, 4.69) is 35.9 Å². The van der Waals surface area contributed by atoms with Crippen molar-refractivity contribution in [2.24, 2.45) is 4.99 Å². The lowest BCUT2D eigenvalue weighted by Gasteiger charge is -2.27. The molecule has 0 amide bonds. The molecule has 0 bridgehead atoms. The molecule has 148 valence electrons. The van der Waals surface area contributed by atoms with E-state index in [1.54, 1.807) is 0 Å². The predicted octanol–water partition coefficient (Wildman–Crippen LogP) is 2.59. The molecule has 0 saturated carbocycles. The lowest BCUT2D eigenvalue weighted by atomic mass is 10.1. The highest BCUT2D eigenvalue weighted by atomic mass is 127. The number of hydrogen-bond acceptors (Lipinski definition) is 3. The van der Waals surface area contributed by atoms with Crippen molar-refractivity contribution in [1.82, 2.24) is 15.1 Å². The molecule has 1 heterocycles. The molecule has 0 aliphatic carbocycles. The first-order valence-electron chi connectivity index (χ1n) is 9.67. The average Bonchev–Trinajstić information content (AvgIpc) is 3.10. The largest absolute Gasteiger partial charge is 0.391 e. The van der Waals surface area contributed by atoms with Crippen molar-refractivity contribution < 1.29 is 5.11 Å². The molecule has 1 aromatic rings. The highest BCUT2D eigenvalue weighted by Gasteiger charge is 2.28. The van der Waals surface area contributed by atoms with E-state index in [1.165, 1.54) is 6.42 Å². The van der Waals surface area contributed by atoms with Gasteiger partial charge in [0, 0.05) is 32.1 Å². The third-order valence-electron chi connectivity index (χ3n) is 4.89. The number of halogens is 1. The molecule has 1 saturated heterocycles. The van der Waals surface area contributed by atoms with Gasteiger partial charge in [-0.15, -0.1) is 24.0 Å². The summed E-state index contributed by atoms with van der Waals surface area (Å²) in [5.41, 5.74) is 1.15. The number of rotatable bonds is 8. The minimum Gasteiger partial charge on any atom is -0.391 e. The average molecular weight is 474 g/mol. The Labute approximate surface area is 175 Å². The second kappa shape index (κ2) is 12.5. The summed E-state index contributed by atoms with van der Waals surface area (Å²) in [6, 6.07) is 10.7. The summed E-state index contributed by atoms with van der Waals surface area (Å²) in [7, 11) is 0. The van der Waals surface area contributed by atoms with Gasteiger partial charge in [-0.1, -0.05) is 44.2 Å². The Kier molecular flexibility index (Phi) is 11.2. The van der Waals surface area contributed by atoms with Crippen LogP contribution in [0, 0.1) is 0 Å². The number of hydrogen-bond donors (Lipinski definition) is 2. The maximum Gasteiger partial charge on any atom is 0.194 e. The molecule has 1 aliphatic heterocycles. The summed E-state index contributed by atoms with van der Waals surface area (Å²) in [5.74, 6) is 0.935. The first kappa shape index (κ1) is 23.2. The molecule has 2 N–H and O–H groups in total. The van der Waals surface area contributed by atoms with E-state index in [1.807, 2.05) is 30.3 Å². The normalized spacial score (nSPS) is 18.7. The lowest BCUT2D eigenvalue weighted by Crippen LogP contribution is -2.43. The van der Waals surface area contributed by atoms with Crippen molar-refractivity contribution in [2.45, 2.75) is 45.8 Å². The van der Waals surface area contributed by atoms with Crippen molar-refractivity contribution in [3.8, 4) is 0 Å². The molecule has 2 atom stereocenters. The number of aliphatic imine (C=N–C) groups is 1. The first-order valence-corrected chi connectivity index (χ1v) is 9.67. The van der Waals surface area contributed by atoms with Crippen molar-refractivity contribution in [3.63, 3.8) is 0 Å². The minimum absolute atomic E-state index is 0. The summed E-state index contributed by atoms with van der Waals surface area (Å²) in [6.45, 7) is 12.1. The van der Waals surface area contributed by atoms with Crippen LogP contribution in [0.5, 0.6) is 0 Å². The standard InChI is InChI=1S/C20H34N4O.HI/c1-4-21-20(24-13-12-18(16-24)23(5-2)6-3)22-15-19(25)14-17-10-8-7-9-11-17;/h7-11,18-19,25H,4-6,12-16H2,1-3H3,(H,21,22);1H. The number of aliphatic hydroxyl groups is 1. The van der Waals surface area contributed by atoms with E-state index in [0.29, 0.717) is 19.0 Å². The molecule has 0 spiro atoms. The van der Waals surface area contributed by atoms with Crippen molar-refractivity contribution in [3.05, 3.63) is 35.9 Å². The van der Waals surface area contributed by atoms with E-state index >= 15 is 0 Å². The second-order valence-electron chi connectivity index (χ2n) is 6.65. The zero-order chi connectivity index (χ0) is 18.1. The van der Waals surface area contributed by atoms with Crippen LogP contribution >= 0.6 is 24.0 Å². The number of aliphatic hydroxyl groups excluding tert-OH is 1.